The number of thiophene rings is 1. The van der Waals surface area contributed by atoms with E-state index in [2.05, 4.69) is 10.0 Å². The van der Waals surface area contributed by atoms with Crippen molar-refractivity contribution in [2.45, 2.75) is 30.0 Å². The highest BCUT2D eigenvalue weighted by Crippen LogP contribution is 2.22. The van der Waals surface area contributed by atoms with Crippen LogP contribution < -0.4 is 10.0 Å². The highest BCUT2D eigenvalue weighted by atomic mass is 32.2. The van der Waals surface area contributed by atoms with E-state index in [0.29, 0.717) is 17.8 Å². The van der Waals surface area contributed by atoms with Gasteiger partial charge in [-0.05, 0) is 49.0 Å². The lowest BCUT2D eigenvalue weighted by Crippen LogP contribution is -2.42. The number of amides is 1. The zero-order valence-corrected chi connectivity index (χ0v) is 16.3. The Morgan fingerprint density at radius 1 is 1.35 bits per heavy atom. The summed E-state index contributed by atoms with van der Waals surface area (Å²) >= 11 is 1.16. The first-order chi connectivity index (χ1) is 12.5. The highest BCUT2D eigenvalue weighted by Gasteiger charge is 2.27. The van der Waals surface area contributed by atoms with Crippen molar-refractivity contribution in [3.8, 4) is 0 Å². The van der Waals surface area contributed by atoms with E-state index in [4.69, 9.17) is 0 Å². The molecule has 1 aliphatic heterocycles. The van der Waals surface area contributed by atoms with E-state index in [1.54, 1.807) is 41.8 Å². The van der Waals surface area contributed by atoms with Crippen molar-refractivity contribution in [3.63, 3.8) is 0 Å². The number of benzene rings is 1. The number of nitrogens with zero attached hydrogens (tertiary/aromatic N) is 1. The van der Waals surface area contributed by atoms with Crippen LogP contribution in [0, 0.1) is 0 Å². The highest BCUT2D eigenvalue weighted by molar-refractivity contribution is 7.94. The lowest BCUT2D eigenvalue weighted by molar-refractivity contribution is 0.0692. The Kier molecular flexibility index (Phi) is 5.95. The summed E-state index contributed by atoms with van der Waals surface area (Å²) in [6.45, 7) is 4.46. The summed E-state index contributed by atoms with van der Waals surface area (Å²) in [5.74, 6) is -0.0577. The molecule has 1 fully saturated rings. The molecule has 1 aromatic heterocycles. The summed E-state index contributed by atoms with van der Waals surface area (Å²) < 4.78 is 27.6. The second-order valence-electron chi connectivity index (χ2n) is 6.26. The van der Waals surface area contributed by atoms with Gasteiger partial charge >= 0.3 is 0 Å². The first-order valence-electron chi connectivity index (χ1n) is 8.69. The molecule has 1 atom stereocenters. The lowest BCUT2D eigenvalue weighted by Gasteiger charge is -2.28. The second kappa shape index (κ2) is 8.20. The molecular weight excluding hydrogens is 370 g/mol. The minimum Gasteiger partial charge on any atom is -0.334 e. The van der Waals surface area contributed by atoms with Crippen molar-refractivity contribution in [2.24, 2.45) is 0 Å². The van der Waals surface area contributed by atoms with E-state index in [1.807, 2.05) is 11.8 Å². The van der Waals surface area contributed by atoms with Gasteiger partial charge in [0.1, 0.15) is 4.21 Å². The van der Waals surface area contributed by atoms with Gasteiger partial charge in [-0.3, -0.25) is 9.52 Å². The fraction of sp³-hybridized carbons (Fsp3) is 0.389. The van der Waals surface area contributed by atoms with Crippen LogP contribution in [0.1, 0.15) is 30.1 Å². The van der Waals surface area contributed by atoms with Crippen LogP contribution in [0.3, 0.4) is 0 Å². The molecule has 2 heterocycles. The van der Waals surface area contributed by atoms with Crippen LogP contribution in [0.25, 0.3) is 0 Å². The molecule has 0 radical (unpaired) electrons. The minimum absolute atomic E-state index is 0.0577. The molecular formula is C18H23N3O3S2. The predicted molar refractivity (Wildman–Crippen MR) is 104 cm³/mol. The van der Waals surface area contributed by atoms with Crippen LogP contribution in [-0.2, 0) is 10.0 Å². The third-order valence-corrected chi connectivity index (χ3v) is 7.10. The van der Waals surface area contributed by atoms with Gasteiger partial charge in [-0.15, -0.1) is 11.3 Å². The van der Waals surface area contributed by atoms with Crippen molar-refractivity contribution >= 4 is 33.0 Å². The average Bonchev–Trinajstić information content (AvgIpc) is 3.32. The van der Waals surface area contributed by atoms with Crippen molar-refractivity contribution in [3.05, 3.63) is 47.3 Å². The van der Waals surface area contributed by atoms with Gasteiger partial charge < -0.3 is 10.2 Å². The summed E-state index contributed by atoms with van der Waals surface area (Å²) in [4.78, 5) is 14.9. The lowest BCUT2D eigenvalue weighted by atomic mass is 10.1. The van der Waals surface area contributed by atoms with E-state index in [-0.39, 0.29) is 16.2 Å². The number of nitrogens with one attached hydrogen (secondary N) is 2. The summed E-state index contributed by atoms with van der Waals surface area (Å²) in [7, 11) is -3.62. The number of carbonyl (C=O) groups excluding carboxylic acids is 1. The minimum atomic E-state index is -3.62. The Balaban J connectivity index is 1.80. The fourth-order valence-corrected chi connectivity index (χ4v) is 5.14. The molecule has 6 nitrogen and oxygen atoms in total. The normalized spacial score (nSPS) is 17.2. The van der Waals surface area contributed by atoms with Crippen LogP contribution in [-0.4, -0.2) is 44.9 Å². The second-order valence-corrected chi connectivity index (χ2v) is 9.12. The van der Waals surface area contributed by atoms with Gasteiger partial charge in [0.2, 0.25) is 0 Å². The topological polar surface area (TPSA) is 78.5 Å². The van der Waals surface area contributed by atoms with Gasteiger partial charge in [0.05, 0.1) is 0 Å². The standard InChI is InChI=1S/C18H23N3O3S2/c1-2-10-21(16-8-9-19-13-16)18(22)14-5-3-6-15(12-14)20-26(23,24)17-7-4-11-25-17/h3-7,11-12,16,19-20H,2,8-10,13H2,1H3. The Hall–Kier alpha value is -1.90. The summed E-state index contributed by atoms with van der Waals surface area (Å²) in [6.07, 6.45) is 1.82. The van der Waals surface area contributed by atoms with Crippen LogP contribution in [0.5, 0.6) is 0 Å². The molecule has 140 valence electrons. The van der Waals surface area contributed by atoms with E-state index in [0.717, 1.165) is 37.3 Å². The quantitative estimate of drug-likeness (QED) is 0.758. The molecule has 0 aliphatic carbocycles. The molecule has 1 aliphatic rings. The van der Waals surface area contributed by atoms with Gasteiger partial charge in [0, 0.05) is 30.4 Å². The van der Waals surface area contributed by atoms with E-state index >= 15 is 0 Å². The number of hydrogen-bond acceptors (Lipinski definition) is 5. The molecule has 3 rings (SSSR count). The molecule has 0 saturated carbocycles. The maximum atomic E-state index is 13.0. The van der Waals surface area contributed by atoms with Crippen LogP contribution in [0.4, 0.5) is 5.69 Å². The number of sulfonamides is 1. The Morgan fingerprint density at radius 2 is 2.19 bits per heavy atom. The maximum Gasteiger partial charge on any atom is 0.271 e. The molecule has 26 heavy (non-hydrogen) atoms. The summed E-state index contributed by atoms with van der Waals surface area (Å²) in [6, 6.07) is 10.1. The van der Waals surface area contributed by atoms with E-state index in [1.165, 1.54) is 0 Å². The smallest absolute Gasteiger partial charge is 0.271 e. The van der Waals surface area contributed by atoms with E-state index in [9.17, 15) is 13.2 Å². The fourth-order valence-electron chi connectivity index (χ4n) is 3.10. The van der Waals surface area contributed by atoms with Gasteiger partial charge in [-0.25, -0.2) is 8.42 Å². The molecule has 0 bridgehead atoms. The zero-order chi connectivity index (χ0) is 18.6. The maximum absolute atomic E-state index is 13.0. The Labute approximate surface area is 158 Å². The molecule has 0 spiro atoms. The largest absolute Gasteiger partial charge is 0.334 e. The molecule has 2 N–H and O–H groups in total. The number of hydrogen-bond donors (Lipinski definition) is 2. The molecule has 2 aromatic rings. The third kappa shape index (κ3) is 4.25. The first kappa shape index (κ1) is 18.9. The van der Waals surface area contributed by atoms with Gasteiger partial charge in [-0.2, -0.15) is 0 Å². The predicted octanol–water partition coefficient (Wildman–Crippen LogP) is 2.76. The van der Waals surface area contributed by atoms with Crippen LogP contribution in [0.15, 0.2) is 46.0 Å². The van der Waals surface area contributed by atoms with Gasteiger partial charge in [-0.1, -0.05) is 19.1 Å². The van der Waals surface area contributed by atoms with Gasteiger partial charge in [0.15, 0.2) is 0 Å². The number of carbonyl (C=O) groups is 1. The molecule has 1 saturated heterocycles. The Bertz CT molecular complexity index is 844. The van der Waals surface area contributed by atoms with Crippen LogP contribution >= 0.6 is 11.3 Å². The average molecular weight is 394 g/mol. The summed E-state index contributed by atoms with van der Waals surface area (Å²) in [5, 5.41) is 5.01. The van der Waals surface area contributed by atoms with E-state index < -0.39 is 10.0 Å². The van der Waals surface area contributed by atoms with Crippen molar-refractivity contribution in [1.29, 1.82) is 0 Å². The monoisotopic (exact) mass is 393 g/mol. The zero-order valence-electron chi connectivity index (χ0n) is 14.6. The molecule has 8 heteroatoms. The number of rotatable bonds is 7. The van der Waals surface area contributed by atoms with Crippen molar-refractivity contribution < 1.29 is 13.2 Å². The Morgan fingerprint density at radius 3 is 2.85 bits per heavy atom. The summed E-state index contributed by atoms with van der Waals surface area (Å²) in [5.41, 5.74) is 0.891. The third-order valence-electron chi connectivity index (χ3n) is 4.32. The molecule has 1 amide bonds. The molecule has 1 unspecified atom stereocenters. The van der Waals surface area contributed by atoms with Gasteiger partial charge in [0.25, 0.3) is 15.9 Å². The van der Waals surface area contributed by atoms with Crippen LogP contribution in [0.2, 0.25) is 0 Å². The van der Waals surface area contributed by atoms with Crippen molar-refractivity contribution in [1.82, 2.24) is 10.2 Å². The number of anilines is 1. The molecule has 1 aromatic carbocycles. The SMILES string of the molecule is CCCN(C(=O)c1cccc(NS(=O)(=O)c2cccs2)c1)C1CCNC1. The first-order valence-corrected chi connectivity index (χ1v) is 11.1. The van der Waals surface area contributed by atoms with Crippen molar-refractivity contribution in [2.75, 3.05) is 24.4 Å².